The van der Waals surface area contributed by atoms with Gasteiger partial charge >= 0.3 is 0 Å². The molecule has 0 N–H and O–H groups in total. The van der Waals surface area contributed by atoms with E-state index >= 15 is 0 Å². The van der Waals surface area contributed by atoms with Gasteiger partial charge in [0.1, 0.15) is 0 Å². The number of anilines is 3. The van der Waals surface area contributed by atoms with Crippen molar-refractivity contribution in [1.29, 1.82) is 0 Å². The molecule has 68 heavy (non-hydrogen) atoms. The summed E-state index contributed by atoms with van der Waals surface area (Å²) in [5, 5.41) is 3.67. The molecule has 1 heterocycles. The Kier molecular flexibility index (Phi) is 8.95. The van der Waals surface area contributed by atoms with Crippen LogP contribution in [0.3, 0.4) is 0 Å². The van der Waals surface area contributed by atoms with Gasteiger partial charge in [-0.15, -0.1) is 0 Å². The molecule has 2 aliphatic rings. The van der Waals surface area contributed by atoms with E-state index in [2.05, 4.69) is 268 Å². The summed E-state index contributed by atoms with van der Waals surface area (Å²) in [6.45, 7) is 9.48. The molecule has 0 bridgehead atoms. The van der Waals surface area contributed by atoms with E-state index < -0.39 is 0 Å². The van der Waals surface area contributed by atoms with Crippen molar-refractivity contribution in [3.63, 3.8) is 0 Å². The van der Waals surface area contributed by atoms with E-state index in [4.69, 9.17) is 0 Å². The minimum atomic E-state index is -0.122. The van der Waals surface area contributed by atoms with Crippen LogP contribution in [0.15, 0.2) is 231 Å². The highest BCUT2D eigenvalue weighted by Crippen LogP contribution is 2.54. The van der Waals surface area contributed by atoms with Crippen LogP contribution < -0.4 is 4.90 Å². The number of para-hydroxylation sites is 1. The Hall–Kier alpha value is -8.20. The minimum Gasteiger partial charge on any atom is -0.310 e. The van der Waals surface area contributed by atoms with Crippen LogP contribution in [0.1, 0.15) is 49.9 Å². The SMILES string of the molecule is CC1(C)c2ccccc2-c2ccc(N(c3ccc(-c4cccc5c4ccc4c(-c6ccccc6)c(-c6ccccc6)n(-c6ccccc6)c45)cc3)c3ccc4c(c3)C(C)(C)c3ccccc3-4)cc21. The van der Waals surface area contributed by atoms with Gasteiger partial charge in [0, 0.05) is 49.9 Å². The molecule has 0 radical (unpaired) electrons. The number of hydrogen-bond acceptors (Lipinski definition) is 1. The minimum absolute atomic E-state index is 0.122. The third-order valence-electron chi connectivity index (χ3n) is 15.2. The summed E-state index contributed by atoms with van der Waals surface area (Å²) in [5.74, 6) is 0. The van der Waals surface area contributed by atoms with Gasteiger partial charge in [-0.1, -0.05) is 210 Å². The molecule has 1 aromatic heterocycles. The van der Waals surface area contributed by atoms with Gasteiger partial charge in [0.25, 0.3) is 0 Å². The van der Waals surface area contributed by atoms with Gasteiger partial charge in [0.2, 0.25) is 0 Å². The maximum absolute atomic E-state index is 2.49. The fraction of sp³-hybridized carbons (Fsp3) is 0.0909. The second-order valence-corrected chi connectivity index (χ2v) is 19.7. The third-order valence-corrected chi connectivity index (χ3v) is 15.2. The number of rotatable bonds is 7. The van der Waals surface area contributed by atoms with Crippen LogP contribution in [-0.2, 0) is 10.8 Å². The van der Waals surface area contributed by atoms with Crippen LogP contribution in [0.5, 0.6) is 0 Å². The van der Waals surface area contributed by atoms with Crippen LogP contribution >= 0.6 is 0 Å². The maximum atomic E-state index is 2.49. The van der Waals surface area contributed by atoms with Gasteiger partial charge < -0.3 is 9.47 Å². The largest absolute Gasteiger partial charge is 0.310 e. The number of hydrogen-bond donors (Lipinski definition) is 0. The molecule has 0 unspecified atom stereocenters. The predicted octanol–water partition coefficient (Wildman–Crippen LogP) is 17.9. The van der Waals surface area contributed by atoms with Gasteiger partial charge in [-0.3, -0.25) is 0 Å². The summed E-state index contributed by atoms with van der Waals surface area (Å²) in [5.41, 5.74) is 23.6. The van der Waals surface area contributed by atoms with Crippen molar-refractivity contribution in [2.75, 3.05) is 4.90 Å². The lowest BCUT2D eigenvalue weighted by Gasteiger charge is -2.30. The van der Waals surface area contributed by atoms with E-state index in [9.17, 15) is 0 Å². The van der Waals surface area contributed by atoms with Crippen molar-refractivity contribution in [2.45, 2.75) is 38.5 Å². The van der Waals surface area contributed by atoms with Crippen molar-refractivity contribution in [3.8, 4) is 61.5 Å². The Morgan fingerprint density at radius 3 is 1.38 bits per heavy atom. The lowest BCUT2D eigenvalue weighted by Crippen LogP contribution is -2.18. The van der Waals surface area contributed by atoms with Crippen LogP contribution in [0.4, 0.5) is 17.1 Å². The van der Waals surface area contributed by atoms with Crippen LogP contribution in [0.2, 0.25) is 0 Å². The third kappa shape index (κ3) is 5.97. The second kappa shape index (κ2) is 15.2. The van der Waals surface area contributed by atoms with Crippen LogP contribution in [0.25, 0.3) is 83.1 Å². The van der Waals surface area contributed by atoms with Crippen molar-refractivity contribution >= 4 is 38.7 Å². The number of fused-ring (bicyclic) bond motifs is 9. The zero-order valence-electron chi connectivity index (χ0n) is 38.8. The topological polar surface area (TPSA) is 8.17 Å². The average molecular weight is 871 g/mol. The first-order chi connectivity index (χ1) is 33.3. The molecule has 0 atom stereocenters. The van der Waals surface area contributed by atoms with Crippen molar-refractivity contribution < 1.29 is 0 Å². The summed E-state index contributed by atoms with van der Waals surface area (Å²) in [7, 11) is 0. The Bertz CT molecular complexity index is 3660. The van der Waals surface area contributed by atoms with Crippen molar-refractivity contribution in [2.24, 2.45) is 0 Å². The van der Waals surface area contributed by atoms with E-state index in [1.807, 2.05) is 0 Å². The number of aromatic nitrogens is 1. The molecule has 324 valence electrons. The highest BCUT2D eigenvalue weighted by molar-refractivity contribution is 6.18. The predicted molar refractivity (Wildman–Crippen MR) is 287 cm³/mol. The standard InChI is InChI=1S/C66H50N2/c1-65(2)58-29-16-14-25-52(58)54-37-35-48(41-60(54)65)67(49-36-38-55-53-26-15-17-30-59(53)66(3,4)61(55)42-49)47-33-31-43(32-34-47)50-27-18-28-56-51(50)39-40-57-62(44-19-8-5-9-20-44)63(45-21-10-6-11-22-45)68(64(56)57)46-23-12-7-13-24-46/h5-42H,1-4H3. The zero-order chi connectivity index (χ0) is 45.7. The first kappa shape index (κ1) is 40.1. The summed E-state index contributed by atoms with van der Waals surface area (Å²) in [6.07, 6.45) is 0. The molecule has 0 saturated heterocycles. The Morgan fingerprint density at radius 2 is 0.794 bits per heavy atom. The summed E-state index contributed by atoms with van der Waals surface area (Å²) >= 11 is 0. The second-order valence-electron chi connectivity index (χ2n) is 19.7. The van der Waals surface area contributed by atoms with Crippen molar-refractivity contribution in [1.82, 2.24) is 4.57 Å². The van der Waals surface area contributed by atoms with Crippen LogP contribution in [0, 0.1) is 0 Å². The zero-order valence-corrected chi connectivity index (χ0v) is 38.8. The molecule has 0 spiro atoms. The van der Waals surface area contributed by atoms with E-state index in [-0.39, 0.29) is 10.8 Å². The first-order valence-electron chi connectivity index (χ1n) is 23.9. The fourth-order valence-electron chi connectivity index (χ4n) is 11.9. The van der Waals surface area contributed by atoms with Gasteiger partial charge in [-0.25, -0.2) is 0 Å². The lowest BCUT2D eigenvalue weighted by molar-refractivity contribution is 0.660. The van der Waals surface area contributed by atoms with E-state index in [0.717, 1.165) is 22.7 Å². The van der Waals surface area contributed by atoms with Gasteiger partial charge in [0.05, 0.1) is 11.2 Å². The molecule has 11 aromatic rings. The molecule has 0 aliphatic heterocycles. The van der Waals surface area contributed by atoms with E-state index in [1.54, 1.807) is 0 Å². The molecule has 2 heteroatoms. The molecule has 2 aliphatic carbocycles. The quantitative estimate of drug-likeness (QED) is 0.155. The van der Waals surface area contributed by atoms with Crippen LogP contribution in [-0.4, -0.2) is 4.57 Å². The highest BCUT2D eigenvalue weighted by Gasteiger charge is 2.38. The summed E-state index contributed by atoms with van der Waals surface area (Å²) in [4.78, 5) is 2.47. The van der Waals surface area contributed by atoms with E-state index in [1.165, 1.54) is 99.7 Å². The summed E-state index contributed by atoms with van der Waals surface area (Å²) in [6, 6.07) is 85.5. The molecule has 0 amide bonds. The number of benzene rings is 10. The van der Waals surface area contributed by atoms with Gasteiger partial charge in [0.15, 0.2) is 0 Å². The molecular formula is C66H50N2. The molecule has 0 fully saturated rings. The summed E-state index contributed by atoms with van der Waals surface area (Å²) < 4.78 is 2.49. The average Bonchev–Trinajstić information content (AvgIpc) is 3.95. The van der Waals surface area contributed by atoms with Crippen molar-refractivity contribution in [3.05, 3.63) is 253 Å². The molecule has 2 nitrogen and oxygen atoms in total. The normalized spacial score (nSPS) is 13.8. The lowest BCUT2D eigenvalue weighted by atomic mass is 9.82. The molecule has 0 saturated carbocycles. The number of nitrogens with zero attached hydrogens (tertiary/aromatic N) is 2. The Balaban J connectivity index is 0.984. The first-order valence-corrected chi connectivity index (χ1v) is 23.9. The van der Waals surface area contributed by atoms with Gasteiger partial charge in [-0.05, 0) is 121 Å². The van der Waals surface area contributed by atoms with E-state index in [0.29, 0.717) is 0 Å². The molecule has 13 rings (SSSR count). The smallest absolute Gasteiger partial charge is 0.0620 e. The Labute approximate surface area is 399 Å². The molecule has 10 aromatic carbocycles. The monoisotopic (exact) mass is 870 g/mol. The Morgan fingerprint density at radius 1 is 0.324 bits per heavy atom. The fourth-order valence-corrected chi connectivity index (χ4v) is 11.9. The molecular weight excluding hydrogens is 821 g/mol. The van der Waals surface area contributed by atoms with Gasteiger partial charge in [-0.2, -0.15) is 0 Å². The highest BCUT2D eigenvalue weighted by atomic mass is 15.1. The maximum Gasteiger partial charge on any atom is 0.0620 e.